The number of ether oxygens (including phenoxy) is 1. The Hall–Kier alpha value is -1.88. The molecule has 0 unspecified atom stereocenters. The Morgan fingerprint density at radius 3 is 3.00 bits per heavy atom. The Bertz CT molecular complexity index is 433. The van der Waals surface area contributed by atoms with Gasteiger partial charge < -0.3 is 15.8 Å². The summed E-state index contributed by atoms with van der Waals surface area (Å²) < 4.78 is 18.4. The third-order valence-electron chi connectivity index (χ3n) is 2.26. The highest BCUT2D eigenvalue weighted by Gasteiger charge is 2.11. The third kappa shape index (κ3) is 4.18. The SMILES string of the molecule is C=CCNC(=O)COc1ccc(F)cc1[C@H](C)N. The molecule has 0 bridgehead atoms. The van der Waals surface area contributed by atoms with Gasteiger partial charge in [0, 0.05) is 18.2 Å². The molecule has 0 aliphatic heterocycles. The minimum absolute atomic E-state index is 0.140. The van der Waals surface area contributed by atoms with E-state index in [1.54, 1.807) is 13.0 Å². The van der Waals surface area contributed by atoms with Crippen molar-refractivity contribution in [3.63, 3.8) is 0 Å². The minimum Gasteiger partial charge on any atom is -0.483 e. The van der Waals surface area contributed by atoms with Crippen LogP contribution in [-0.2, 0) is 4.79 Å². The van der Waals surface area contributed by atoms with Crippen LogP contribution in [-0.4, -0.2) is 19.1 Å². The van der Waals surface area contributed by atoms with Crippen LogP contribution >= 0.6 is 0 Å². The second-order valence-corrected chi connectivity index (χ2v) is 3.85. The lowest BCUT2D eigenvalue weighted by Gasteiger charge is -2.13. The molecule has 1 atom stereocenters. The van der Waals surface area contributed by atoms with Crippen molar-refractivity contribution < 1.29 is 13.9 Å². The van der Waals surface area contributed by atoms with E-state index in [0.717, 1.165) is 0 Å². The summed E-state index contributed by atoms with van der Waals surface area (Å²) in [6.45, 7) is 5.45. The average molecular weight is 252 g/mol. The number of amides is 1. The summed E-state index contributed by atoms with van der Waals surface area (Å²) in [5.41, 5.74) is 6.24. The third-order valence-corrected chi connectivity index (χ3v) is 2.26. The molecule has 0 saturated heterocycles. The number of nitrogens with one attached hydrogen (secondary N) is 1. The Kier molecular flexibility index (Phi) is 5.32. The molecule has 1 amide bonds. The molecule has 18 heavy (non-hydrogen) atoms. The summed E-state index contributed by atoms with van der Waals surface area (Å²) in [6.07, 6.45) is 1.57. The molecule has 0 saturated carbocycles. The zero-order valence-corrected chi connectivity index (χ0v) is 10.3. The van der Waals surface area contributed by atoms with Gasteiger partial charge in [-0.2, -0.15) is 0 Å². The van der Waals surface area contributed by atoms with Gasteiger partial charge in [0.1, 0.15) is 11.6 Å². The van der Waals surface area contributed by atoms with Gasteiger partial charge in [-0.15, -0.1) is 6.58 Å². The van der Waals surface area contributed by atoms with Gasteiger partial charge >= 0.3 is 0 Å². The fraction of sp³-hybridized carbons (Fsp3) is 0.308. The van der Waals surface area contributed by atoms with E-state index in [1.807, 2.05) is 0 Å². The number of carbonyl (C=O) groups excluding carboxylic acids is 1. The number of benzene rings is 1. The first kappa shape index (κ1) is 14.2. The number of halogens is 1. The van der Waals surface area contributed by atoms with Crippen LogP contribution in [0.3, 0.4) is 0 Å². The van der Waals surface area contributed by atoms with Crippen LogP contribution < -0.4 is 15.8 Å². The molecule has 0 aliphatic carbocycles. The van der Waals surface area contributed by atoms with Crippen LogP contribution in [0.25, 0.3) is 0 Å². The summed E-state index contributed by atoms with van der Waals surface area (Å²) >= 11 is 0. The largest absolute Gasteiger partial charge is 0.483 e. The van der Waals surface area contributed by atoms with E-state index in [4.69, 9.17) is 10.5 Å². The van der Waals surface area contributed by atoms with Gasteiger partial charge in [-0.1, -0.05) is 6.08 Å². The van der Waals surface area contributed by atoms with Gasteiger partial charge in [0.2, 0.25) is 0 Å². The smallest absolute Gasteiger partial charge is 0.258 e. The minimum atomic E-state index is -0.384. The lowest BCUT2D eigenvalue weighted by atomic mass is 10.1. The molecular weight excluding hydrogens is 235 g/mol. The molecule has 0 aliphatic rings. The predicted octanol–water partition coefficient (Wildman–Crippen LogP) is 1.53. The van der Waals surface area contributed by atoms with Gasteiger partial charge in [-0.3, -0.25) is 4.79 Å². The first-order valence-electron chi connectivity index (χ1n) is 5.60. The molecule has 1 aromatic rings. The first-order chi connectivity index (χ1) is 8.54. The van der Waals surface area contributed by atoms with Crippen molar-refractivity contribution in [2.75, 3.05) is 13.2 Å². The van der Waals surface area contributed by atoms with Crippen molar-refractivity contribution in [2.24, 2.45) is 5.73 Å². The van der Waals surface area contributed by atoms with Crippen LogP contribution in [0.4, 0.5) is 4.39 Å². The summed E-state index contributed by atoms with van der Waals surface area (Å²) in [4.78, 5) is 11.3. The summed E-state index contributed by atoms with van der Waals surface area (Å²) in [6, 6.07) is 3.67. The zero-order chi connectivity index (χ0) is 13.5. The van der Waals surface area contributed by atoms with Gasteiger partial charge in [-0.05, 0) is 25.1 Å². The molecule has 0 heterocycles. The summed E-state index contributed by atoms with van der Waals surface area (Å²) in [7, 11) is 0. The van der Waals surface area contributed by atoms with E-state index < -0.39 is 0 Å². The molecule has 98 valence electrons. The van der Waals surface area contributed by atoms with Gasteiger partial charge in [0.05, 0.1) is 0 Å². The zero-order valence-electron chi connectivity index (χ0n) is 10.3. The number of carbonyl (C=O) groups is 1. The second-order valence-electron chi connectivity index (χ2n) is 3.85. The highest BCUT2D eigenvalue weighted by Crippen LogP contribution is 2.24. The Balaban J connectivity index is 2.66. The molecule has 3 N–H and O–H groups in total. The maximum absolute atomic E-state index is 13.1. The number of hydrogen-bond acceptors (Lipinski definition) is 3. The number of hydrogen-bond donors (Lipinski definition) is 2. The van der Waals surface area contributed by atoms with Crippen molar-refractivity contribution >= 4 is 5.91 Å². The second kappa shape index (κ2) is 6.76. The van der Waals surface area contributed by atoms with E-state index in [2.05, 4.69) is 11.9 Å². The molecule has 1 aromatic carbocycles. The molecule has 0 aromatic heterocycles. The molecule has 1 rings (SSSR count). The maximum Gasteiger partial charge on any atom is 0.258 e. The van der Waals surface area contributed by atoms with Gasteiger partial charge in [-0.25, -0.2) is 4.39 Å². The highest BCUT2D eigenvalue weighted by molar-refractivity contribution is 5.77. The lowest BCUT2D eigenvalue weighted by molar-refractivity contribution is -0.122. The summed E-state index contributed by atoms with van der Waals surface area (Å²) in [5, 5.41) is 2.58. The first-order valence-corrected chi connectivity index (χ1v) is 5.60. The lowest BCUT2D eigenvalue weighted by Crippen LogP contribution is -2.29. The van der Waals surface area contributed by atoms with E-state index in [1.165, 1.54) is 18.2 Å². The predicted molar refractivity (Wildman–Crippen MR) is 67.7 cm³/mol. The fourth-order valence-electron chi connectivity index (χ4n) is 1.39. The average Bonchev–Trinajstić information content (AvgIpc) is 2.34. The van der Waals surface area contributed by atoms with Gasteiger partial charge in [0.15, 0.2) is 6.61 Å². The molecule has 5 heteroatoms. The van der Waals surface area contributed by atoms with Crippen LogP contribution in [0, 0.1) is 5.82 Å². The van der Waals surface area contributed by atoms with E-state index in [0.29, 0.717) is 17.9 Å². The maximum atomic E-state index is 13.1. The topological polar surface area (TPSA) is 64.3 Å². The highest BCUT2D eigenvalue weighted by atomic mass is 19.1. The van der Waals surface area contributed by atoms with Crippen LogP contribution in [0.5, 0.6) is 5.75 Å². The van der Waals surface area contributed by atoms with E-state index >= 15 is 0 Å². The van der Waals surface area contributed by atoms with E-state index in [-0.39, 0.29) is 24.4 Å². The van der Waals surface area contributed by atoms with Crippen LogP contribution in [0.15, 0.2) is 30.9 Å². The molecule has 4 nitrogen and oxygen atoms in total. The normalized spacial score (nSPS) is 11.7. The fourth-order valence-corrected chi connectivity index (χ4v) is 1.39. The van der Waals surface area contributed by atoms with Crippen molar-refractivity contribution in [3.8, 4) is 5.75 Å². The standard InChI is InChI=1S/C13H17FN2O2/c1-3-6-16-13(17)8-18-12-5-4-10(14)7-11(12)9(2)15/h3-5,7,9H,1,6,8,15H2,2H3,(H,16,17)/t9-/m0/s1. The van der Waals surface area contributed by atoms with Crippen molar-refractivity contribution in [2.45, 2.75) is 13.0 Å². The molecule has 0 radical (unpaired) electrons. The quantitative estimate of drug-likeness (QED) is 0.755. The summed E-state index contributed by atoms with van der Waals surface area (Å²) in [5.74, 6) is -0.235. The van der Waals surface area contributed by atoms with E-state index in [9.17, 15) is 9.18 Å². The Labute approximate surface area is 106 Å². The monoisotopic (exact) mass is 252 g/mol. The molecular formula is C13H17FN2O2. The van der Waals surface area contributed by atoms with Crippen LogP contribution in [0.2, 0.25) is 0 Å². The number of nitrogens with two attached hydrogens (primary N) is 1. The molecule has 0 spiro atoms. The van der Waals surface area contributed by atoms with Crippen molar-refractivity contribution in [3.05, 3.63) is 42.2 Å². The Morgan fingerprint density at radius 2 is 2.39 bits per heavy atom. The number of rotatable bonds is 6. The van der Waals surface area contributed by atoms with Crippen molar-refractivity contribution in [1.82, 2.24) is 5.32 Å². The van der Waals surface area contributed by atoms with Gasteiger partial charge in [0.25, 0.3) is 5.91 Å². The van der Waals surface area contributed by atoms with Crippen molar-refractivity contribution in [1.29, 1.82) is 0 Å². The Morgan fingerprint density at radius 1 is 1.67 bits per heavy atom. The van der Waals surface area contributed by atoms with Crippen LogP contribution in [0.1, 0.15) is 18.5 Å². The molecule has 0 fully saturated rings.